The number of carbonyl (C=O) groups is 3. The number of likely N-dealkylation sites (N-methyl/N-ethyl adjacent to an activating group) is 1. The molecule has 2 aromatic heterocycles. The molecule has 4 aromatic rings. The summed E-state index contributed by atoms with van der Waals surface area (Å²) in [7, 11) is 3.12. The molecule has 0 unspecified atom stereocenters. The van der Waals surface area contributed by atoms with Gasteiger partial charge < -0.3 is 29.8 Å². The average molecular weight is 878 g/mol. The van der Waals surface area contributed by atoms with Gasteiger partial charge in [0.1, 0.15) is 17.7 Å². The largest absolute Gasteiger partial charge is 0.453 e. The molecule has 1 saturated heterocycles. The van der Waals surface area contributed by atoms with Crippen LogP contribution in [-0.4, -0.2) is 80.4 Å². The molecule has 0 radical (unpaired) electrons. The zero-order valence-corrected chi connectivity index (χ0v) is 39.0. The minimum Gasteiger partial charge on any atom is -0.453 e. The van der Waals surface area contributed by atoms with Crippen LogP contribution in [0.15, 0.2) is 60.9 Å². The third-order valence-corrected chi connectivity index (χ3v) is 11.2. The van der Waals surface area contributed by atoms with Gasteiger partial charge in [0.25, 0.3) is 0 Å². The fourth-order valence-electron chi connectivity index (χ4n) is 7.68. The van der Waals surface area contributed by atoms with Crippen LogP contribution in [0.4, 0.5) is 4.79 Å². The molecule has 2 aliphatic rings. The number of ether oxygens (including phenoxy) is 1. The molecule has 2 aromatic carbocycles. The summed E-state index contributed by atoms with van der Waals surface area (Å²) >= 11 is 0. The van der Waals surface area contributed by atoms with E-state index in [1.807, 2.05) is 45.1 Å². The van der Waals surface area contributed by atoms with Gasteiger partial charge in [0, 0.05) is 31.5 Å². The quantitative estimate of drug-likeness (QED) is 0.139. The van der Waals surface area contributed by atoms with Gasteiger partial charge in [-0.25, -0.2) is 14.8 Å². The molecule has 0 bridgehead atoms. The molecular formula is C41H63N7O4S5. The lowest BCUT2D eigenvalue weighted by Gasteiger charge is -2.33. The number of carbonyl (C=O) groups excluding carboxylic acids is 3. The van der Waals surface area contributed by atoms with E-state index in [1.165, 1.54) is 7.11 Å². The standard InChI is InChI=1S/C41H53N7O4.5H2S/c1-24(2)26(5)39(49)48-21-9-12-35(48)38-43-23-33(45-38)30-19-15-28(16-20-30)27-13-17-29(18-14-27)32-22-42-37(44-32)31-10-8-11-34(31)47(6)40(50)36(25(3)4)46-41(51)52-7;;;;;/h13-20,22-26,31,34-36H,8-12,21H2,1-7H3,(H,42,44)(H,43,45)(H,46,51);5*1H2/t26-,31-,34-,35-,36-;;;;;/m0...../s1. The summed E-state index contributed by atoms with van der Waals surface area (Å²) < 4.78 is 4.76. The van der Waals surface area contributed by atoms with Gasteiger partial charge in [0.2, 0.25) is 11.8 Å². The van der Waals surface area contributed by atoms with Gasteiger partial charge in [-0.15, -0.1) is 0 Å². The topological polar surface area (TPSA) is 136 Å². The Morgan fingerprint density at radius 3 is 1.75 bits per heavy atom. The number of hydrogen-bond donors (Lipinski definition) is 3. The molecule has 11 nitrogen and oxygen atoms in total. The smallest absolute Gasteiger partial charge is 0.407 e. The number of hydrogen-bond acceptors (Lipinski definition) is 6. The van der Waals surface area contributed by atoms with Crippen molar-refractivity contribution in [2.45, 2.75) is 90.8 Å². The second kappa shape index (κ2) is 22.8. The fraction of sp³-hybridized carbons (Fsp3) is 0.488. The number of imidazole rings is 2. The van der Waals surface area contributed by atoms with Gasteiger partial charge in [0.15, 0.2) is 0 Å². The Hall–Kier alpha value is -3.18. The van der Waals surface area contributed by atoms with Gasteiger partial charge in [-0.05, 0) is 59.8 Å². The Bertz CT molecular complexity index is 1870. The Balaban J connectivity index is 0.00000325. The van der Waals surface area contributed by atoms with E-state index in [0.29, 0.717) is 5.92 Å². The molecule has 16 heteroatoms. The van der Waals surface area contributed by atoms with Crippen molar-refractivity contribution >= 4 is 85.4 Å². The van der Waals surface area contributed by atoms with Crippen LogP contribution in [0.25, 0.3) is 33.6 Å². The molecule has 5 atom stereocenters. The van der Waals surface area contributed by atoms with Crippen molar-refractivity contribution in [1.29, 1.82) is 0 Å². The Kier molecular flexibility index (Phi) is 20.8. The van der Waals surface area contributed by atoms with Gasteiger partial charge in [-0.2, -0.15) is 67.5 Å². The highest BCUT2D eigenvalue weighted by molar-refractivity contribution is 7.60. The van der Waals surface area contributed by atoms with E-state index in [-0.39, 0.29) is 109 Å². The summed E-state index contributed by atoms with van der Waals surface area (Å²) in [5, 5.41) is 2.71. The van der Waals surface area contributed by atoms with Gasteiger partial charge in [-0.3, -0.25) is 9.59 Å². The molecule has 57 heavy (non-hydrogen) atoms. The number of aromatic nitrogens is 4. The molecule has 316 valence electrons. The zero-order valence-electron chi connectivity index (χ0n) is 34.0. The van der Waals surface area contributed by atoms with E-state index in [2.05, 4.69) is 77.7 Å². The summed E-state index contributed by atoms with van der Waals surface area (Å²) in [6.45, 7) is 10.8. The number of aromatic amines is 2. The number of alkyl carbamates (subject to hydrolysis) is 1. The summed E-state index contributed by atoms with van der Waals surface area (Å²) in [6.07, 6.45) is 7.85. The summed E-state index contributed by atoms with van der Waals surface area (Å²) in [5.74, 6) is 2.11. The number of methoxy groups -OCH3 is 1. The molecule has 1 aliphatic heterocycles. The van der Waals surface area contributed by atoms with Gasteiger partial charge >= 0.3 is 6.09 Å². The summed E-state index contributed by atoms with van der Waals surface area (Å²) in [4.78, 5) is 58.9. The molecule has 6 rings (SSSR count). The van der Waals surface area contributed by atoms with Crippen LogP contribution in [-0.2, 0) is 14.3 Å². The van der Waals surface area contributed by atoms with Crippen LogP contribution in [0.3, 0.4) is 0 Å². The van der Waals surface area contributed by atoms with E-state index in [1.54, 1.807) is 4.90 Å². The lowest BCUT2D eigenvalue weighted by Crippen LogP contribution is -2.53. The molecule has 3 heterocycles. The minimum absolute atomic E-state index is 0. The van der Waals surface area contributed by atoms with Gasteiger partial charge in [-0.1, -0.05) is 89.6 Å². The normalized spacial score (nSPS) is 18.2. The highest BCUT2D eigenvalue weighted by atomic mass is 32.1. The van der Waals surface area contributed by atoms with E-state index >= 15 is 0 Å². The molecule has 3 N–H and O–H groups in total. The maximum absolute atomic E-state index is 13.5. The van der Waals surface area contributed by atoms with Crippen molar-refractivity contribution in [2.75, 3.05) is 20.7 Å². The van der Waals surface area contributed by atoms with Crippen LogP contribution in [0.2, 0.25) is 0 Å². The van der Waals surface area contributed by atoms with Crippen molar-refractivity contribution in [2.24, 2.45) is 17.8 Å². The second-order valence-electron chi connectivity index (χ2n) is 15.2. The maximum Gasteiger partial charge on any atom is 0.407 e. The SMILES string of the molecule is COC(=O)N[C@H](C(=O)N(C)[C@H]1CCC[C@@H]1c1ncc(-c2ccc(-c3ccc(-c4cnc([C@@H]5CCCN5C(=O)[C@@H](C)C(C)C)[nH]4)cc3)cc2)[nH]1)C(C)C.S.S.S.S.S. The molecule has 1 aliphatic carbocycles. The predicted octanol–water partition coefficient (Wildman–Crippen LogP) is 8.13. The first-order chi connectivity index (χ1) is 25.0. The first kappa shape index (κ1) is 51.8. The van der Waals surface area contributed by atoms with Crippen LogP contribution in [0.5, 0.6) is 0 Å². The zero-order chi connectivity index (χ0) is 37.1. The van der Waals surface area contributed by atoms with Crippen molar-refractivity contribution in [3.63, 3.8) is 0 Å². The summed E-state index contributed by atoms with van der Waals surface area (Å²) in [5.41, 5.74) is 6.18. The molecule has 2 fully saturated rings. The van der Waals surface area contributed by atoms with Crippen molar-refractivity contribution in [1.82, 2.24) is 35.1 Å². The minimum atomic E-state index is -0.664. The van der Waals surface area contributed by atoms with Crippen molar-refractivity contribution in [3.05, 3.63) is 72.6 Å². The molecule has 3 amide bonds. The Labute approximate surface area is 372 Å². The Morgan fingerprint density at radius 2 is 1.25 bits per heavy atom. The number of amides is 3. The number of benzene rings is 2. The second-order valence-corrected chi connectivity index (χ2v) is 15.2. The highest BCUT2D eigenvalue weighted by Gasteiger charge is 2.39. The number of rotatable bonds is 11. The Morgan fingerprint density at radius 1 is 0.737 bits per heavy atom. The summed E-state index contributed by atoms with van der Waals surface area (Å²) in [6, 6.07) is 16.2. The highest BCUT2D eigenvalue weighted by Crippen LogP contribution is 2.38. The third kappa shape index (κ3) is 11.5. The fourth-order valence-corrected chi connectivity index (χ4v) is 7.68. The lowest BCUT2D eigenvalue weighted by atomic mass is 9.96. The van der Waals surface area contributed by atoms with Crippen LogP contribution >= 0.6 is 67.5 Å². The number of nitrogens with zero attached hydrogens (tertiary/aromatic N) is 4. The van der Waals surface area contributed by atoms with Crippen molar-refractivity contribution in [3.8, 4) is 33.6 Å². The average Bonchev–Trinajstić information content (AvgIpc) is 3.99. The first-order valence-corrected chi connectivity index (χ1v) is 18.7. The van der Waals surface area contributed by atoms with Crippen LogP contribution in [0, 0.1) is 17.8 Å². The third-order valence-electron chi connectivity index (χ3n) is 11.2. The van der Waals surface area contributed by atoms with E-state index < -0.39 is 12.1 Å². The van der Waals surface area contributed by atoms with Crippen LogP contribution in [0.1, 0.15) is 90.3 Å². The number of nitrogens with one attached hydrogen (secondary N) is 3. The first-order valence-electron chi connectivity index (χ1n) is 18.7. The predicted molar refractivity (Wildman–Crippen MR) is 254 cm³/mol. The molecule has 0 spiro atoms. The van der Waals surface area contributed by atoms with Gasteiger partial charge in [0.05, 0.1) is 36.9 Å². The molecular weight excluding hydrogens is 815 g/mol. The van der Waals surface area contributed by atoms with E-state index in [4.69, 9.17) is 14.7 Å². The maximum atomic E-state index is 13.5. The number of H-pyrrole nitrogens is 2. The van der Waals surface area contributed by atoms with E-state index in [0.717, 1.165) is 83.9 Å². The molecule has 1 saturated carbocycles. The van der Waals surface area contributed by atoms with E-state index in [9.17, 15) is 14.4 Å². The van der Waals surface area contributed by atoms with Crippen molar-refractivity contribution < 1.29 is 19.1 Å². The van der Waals surface area contributed by atoms with Crippen LogP contribution < -0.4 is 5.32 Å². The lowest BCUT2D eigenvalue weighted by molar-refractivity contribution is -0.137. The number of likely N-dealkylation sites (tertiary alicyclic amines) is 1. The monoisotopic (exact) mass is 877 g/mol.